The topological polar surface area (TPSA) is 134 Å². The fourth-order valence-electron chi connectivity index (χ4n) is 3.79. The molecule has 10 nitrogen and oxygen atoms in total. The lowest BCUT2D eigenvalue weighted by molar-refractivity contribution is -0.117. The third-order valence-electron chi connectivity index (χ3n) is 5.39. The van der Waals surface area contributed by atoms with Gasteiger partial charge in [-0.25, -0.2) is 27.8 Å². The van der Waals surface area contributed by atoms with Crippen LogP contribution >= 0.6 is 22.9 Å². The van der Waals surface area contributed by atoms with Crippen LogP contribution < -0.4 is 14.9 Å². The van der Waals surface area contributed by atoms with Crippen LogP contribution in [0.3, 0.4) is 0 Å². The number of hydrogen-bond acceptors (Lipinski definition) is 8. The molecule has 2 aliphatic rings. The van der Waals surface area contributed by atoms with Crippen molar-refractivity contribution in [3.05, 3.63) is 75.6 Å². The zero-order chi connectivity index (χ0) is 25.4. The van der Waals surface area contributed by atoms with Crippen LogP contribution in [0.25, 0.3) is 0 Å². The van der Waals surface area contributed by atoms with Crippen molar-refractivity contribution in [2.24, 2.45) is 4.99 Å². The van der Waals surface area contributed by atoms with Gasteiger partial charge in [0, 0.05) is 16.8 Å². The van der Waals surface area contributed by atoms with E-state index in [1.807, 2.05) is 4.72 Å². The molecule has 184 valence electrons. The van der Waals surface area contributed by atoms with E-state index in [9.17, 15) is 22.8 Å². The smallest absolute Gasteiger partial charge is 0.333 e. The summed E-state index contributed by atoms with van der Waals surface area (Å²) in [5, 5.41) is 2.41. The lowest BCUT2D eigenvalue weighted by Gasteiger charge is -2.27. The first-order chi connectivity index (χ1) is 17.2. The van der Waals surface area contributed by atoms with Crippen LogP contribution in [0.5, 0.6) is 0 Å². The van der Waals surface area contributed by atoms with Gasteiger partial charge in [0.15, 0.2) is 0 Å². The van der Waals surface area contributed by atoms with Gasteiger partial charge in [-0.2, -0.15) is 0 Å². The SMILES string of the molecule is O=C(Nc1ccc(N2C(=O)Cc3cc(C4=NCCO4)ccc3C2=O)cc1)NS(=O)(=O)c1ccc(Cl)s1. The van der Waals surface area contributed by atoms with Gasteiger partial charge in [-0.1, -0.05) is 11.6 Å². The first-order valence-corrected chi connectivity index (χ1v) is 13.3. The average Bonchev–Trinajstić information content (AvgIpc) is 3.52. The summed E-state index contributed by atoms with van der Waals surface area (Å²) in [6, 6.07) is 12.7. The fraction of sp³-hybridized carbons (Fsp3) is 0.130. The van der Waals surface area contributed by atoms with E-state index in [1.165, 1.54) is 36.4 Å². The molecule has 1 aromatic heterocycles. The van der Waals surface area contributed by atoms with Crippen LogP contribution in [-0.2, 0) is 26.0 Å². The van der Waals surface area contributed by atoms with Crippen molar-refractivity contribution in [2.45, 2.75) is 10.6 Å². The molecule has 36 heavy (non-hydrogen) atoms. The predicted molar refractivity (Wildman–Crippen MR) is 134 cm³/mol. The van der Waals surface area contributed by atoms with E-state index in [0.717, 1.165) is 21.8 Å². The maximum Gasteiger partial charge on any atom is 0.333 e. The predicted octanol–water partition coefficient (Wildman–Crippen LogP) is 3.42. The minimum atomic E-state index is -4.08. The molecular weight excluding hydrogens is 528 g/mol. The van der Waals surface area contributed by atoms with Crippen molar-refractivity contribution >= 4 is 68.1 Å². The number of ether oxygens (including phenoxy) is 1. The molecule has 0 bridgehead atoms. The lowest BCUT2D eigenvalue weighted by atomic mass is 9.95. The van der Waals surface area contributed by atoms with Crippen molar-refractivity contribution in [3.63, 3.8) is 0 Å². The van der Waals surface area contributed by atoms with E-state index in [2.05, 4.69) is 10.3 Å². The van der Waals surface area contributed by atoms with Crippen molar-refractivity contribution in [1.29, 1.82) is 0 Å². The molecule has 13 heteroatoms. The summed E-state index contributed by atoms with van der Waals surface area (Å²) in [4.78, 5) is 43.5. The van der Waals surface area contributed by atoms with Crippen LogP contribution in [-0.4, -0.2) is 45.3 Å². The molecular formula is C23H17ClN4O6S2. The molecule has 0 aliphatic carbocycles. The number of anilines is 2. The Morgan fingerprint density at radius 3 is 2.53 bits per heavy atom. The van der Waals surface area contributed by atoms with Gasteiger partial charge < -0.3 is 10.1 Å². The number of rotatable bonds is 5. The number of halogens is 1. The molecule has 0 spiro atoms. The van der Waals surface area contributed by atoms with Crippen LogP contribution in [0.4, 0.5) is 16.2 Å². The van der Waals surface area contributed by atoms with Gasteiger partial charge >= 0.3 is 6.03 Å². The highest BCUT2D eigenvalue weighted by atomic mass is 35.5. The Kier molecular flexibility index (Phi) is 6.24. The zero-order valence-corrected chi connectivity index (χ0v) is 20.7. The van der Waals surface area contributed by atoms with Gasteiger partial charge in [0.25, 0.3) is 15.9 Å². The molecule has 0 saturated heterocycles. The third-order valence-corrected chi connectivity index (χ3v) is 8.44. The Morgan fingerprint density at radius 2 is 1.86 bits per heavy atom. The molecule has 0 unspecified atom stereocenters. The summed E-state index contributed by atoms with van der Waals surface area (Å²) in [6.07, 6.45) is 0.0230. The number of nitrogens with zero attached hydrogens (tertiary/aromatic N) is 2. The van der Waals surface area contributed by atoms with Gasteiger partial charge in [-0.15, -0.1) is 11.3 Å². The molecule has 0 fully saturated rings. The average molecular weight is 545 g/mol. The number of urea groups is 1. The van der Waals surface area contributed by atoms with Gasteiger partial charge in [0.1, 0.15) is 10.8 Å². The lowest BCUT2D eigenvalue weighted by Crippen LogP contribution is -2.42. The Hall–Kier alpha value is -3.74. The minimum Gasteiger partial charge on any atom is -0.476 e. The van der Waals surface area contributed by atoms with Crippen molar-refractivity contribution in [1.82, 2.24) is 4.72 Å². The van der Waals surface area contributed by atoms with Gasteiger partial charge in [0.2, 0.25) is 11.8 Å². The molecule has 4 amide bonds. The maximum absolute atomic E-state index is 13.1. The summed E-state index contributed by atoms with van der Waals surface area (Å²) in [6.45, 7) is 1.08. The second-order valence-corrected chi connectivity index (χ2v) is 11.4. The van der Waals surface area contributed by atoms with Crippen molar-refractivity contribution in [3.8, 4) is 0 Å². The molecule has 2 aliphatic heterocycles. The molecule has 0 radical (unpaired) electrons. The molecule has 2 aromatic carbocycles. The summed E-state index contributed by atoms with van der Waals surface area (Å²) in [7, 11) is -4.08. The van der Waals surface area contributed by atoms with Crippen LogP contribution in [0.2, 0.25) is 4.34 Å². The normalized spacial score (nSPS) is 15.2. The van der Waals surface area contributed by atoms with Crippen molar-refractivity contribution < 1.29 is 27.5 Å². The highest BCUT2D eigenvalue weighted by molar-refractivity contribution is 7.92. The fourth-order valence-corrected chi connectivity index (χ4v) is 6.18. The van der Waals surface area contributed by atoms with Crippen molar-refractivity contribution in [2.75, 3.05) is 23.4 Å². The molecule has 0 saturated carbocycles. The van der Waals surface area contributed by atoms with E-state index < -0.39 is 27.9 Å². The number of carbonyl (C=O) groups excluding carboxylic acids is 3. The second kappa shape index (κ2) is 9.37. The van der Waals surface area contributed by atoms with Crippen LogP contribution in [0.15, 0.2) is 63.8 Å². The Balaban J connectivity index is 1.29. The van der Waals surface area contributed by atoms with E-state index in [4.69, 9.17) is 16.3 Å². The van der Waals surface area contributed by atoms with Crippen LogP contribution in [0.1, 0.15) is 21.5 Å². The minimum absolute atomic E-state index is 0.0230. The van der Waals surface area contributed by atoms with Gasteiger partial charge in [0.05, 0.1) is 23.0 Å². The number of imide groups is 1. The molecule has 3 aromatic rings. The number of carbonyl (C=O) groups is 3. The highest BCUT2D eigenvalue weighted by Gasteiger charge is 2.32. The third kappa shape index (κ3) is 4.70. The maximum atomic E-state index is 13.1. The van der Waals surface area contributed by atoms with E-state index in [1.54, 1.807) is 18.2 Å². The number of hydrogen-bond donors (Lipinski definition) is 2. The van der Waals surface area contributed by atoms with E-state index in [0.29, 0.717) is 35.9 Å². The number of nitrogens with one attached hydrogen (secondary N) is 2. The molecule has 0 atom stereocenters. The number of aliphatic imine (C=N–C) groups is 1. The number of fused-ring (bicyclic) bond motifs is 1. The Labute approximate surface area is 214 Å². The Bertz CT molecular complexity index is 1530. The van der Waals surface area contributed by atoms with E-state index in [-0.39, 0.29) is 20.7 Å². The number of thiophene rings is 1. The van der Waals surface area contributed by atoms with Gasteiger partial charge in [-0.05, 0) is 60.2 Å². The monoisotopic (exact) mass is 544 g/mol. The summed E-state index contributed by atoms with van der Waals surface area (Å²) in [5.41, 5.74) is 2.29. The summed E-state index contributed by atoms with van der Waals surface area (Å²) < 4.78 is 32.1. The van der Waals surface area contributed by atoms with Crippen LogP contribution in [0, 0.1) is 0 Å². The molecule has 5 rings (SSSR count). The number of amides is 4. The zero-order valence-electron chi connectivity index (χ0n) is 18.4. The molecule has 2 N–H and O–H groups in total. The first kappa shape index (κ1) is 24.0. The summed E-state index contributed by atoms with van der Waals surface area (Å²) >= 11 is 6.57. The number of benzene rings is 2. The first-order valence-electron chi connectivity index (χ1n) is 10.6. The van der Waals surface area contributed by atoms with E-state index >= 15 is 0 Å². The number of sulfonamides is 1. The second-order valence-electron chi connectivity index (χ2n) is 7.78. The largest absolute Gasteiger partial charge is 0.476 e. The van der Waals surface area contributed by atoms with Gasteiger partial charge in [-0.3, -0.25) is 9.59 Å². The highest BCUT2D eigenvalue weighted by Crippen LogP contribution is 2.28. The summed E-state index contributed by atoms with van der Waals surface area (Å²) in [5.74, 6) is -0.376. The molecule has 3 heterocycles. The Morgan fingerprint density at radius 1 is 1.08 bits per heavy atom. The standard InChI is InChI=1S/C23H17ClN4O6S2/c24-18-7-8-20(35-18)36(32,33)27-23(31)26-15-2-4-16(5-3-15)28-19(29)12-14-11-13(21-25-9-10-34-21)1-6-17(14)22(28)30/h1-8,11H,9-10,12H2,(H2,26,27,31). The quantitative estimate of drug-likeness (QED) is 0.473.